The van der Waals surface area contributed by atoms with Crippen molar-refractivity contribution in [1.82, 2.24) is 4.90 Å². The van der Waals surface area contributed by atoms with Crippen LogP contribution in [-0.4, -0.2) is 50.5 Å². The molecule has 33 heavy (non-hydrogen) atoms. The van der Waals surface area contributed by atoms with Gasteiger partial charge < -0.3 is 19.9 Å². The Balaban J connectivity index is 1.59. The fraction of sp³-hybridized carbons (Fsp3) is 0.259. The molecule has 0 radical (unpaired) electrons. The van der Waals surface area contributed by atoms with Gasteiger partial charge in [-0.15, -0.1) is 0 Å². The molecule has 4 rings (SSSR count). The van der Waals surface area contributed by atoms with E-state index in [1.54, 1.807) is 4.90 Å². The second-order valence-corrected chi connectivity index (χ2v) is 8.42. The van der Waals surface area contributed by atoms with Crippen LogP contribution in [0.5, 0.6) is 5.75 Å². The van der Waals surface area contributed by atoms with Crippen molar-refractivity contribution in [2.45, 2.75) is 12.3 Å². The quantitative estimate of drug-likeness (QED) is 0.569. The van der Waals surface area contributed by atoms with Crippen molar-refractivity contribution in [3.63, 3.8) is 0 Å². The lowest BCUT2D eigenvalue weighted by Crippen LogP contribution is -2.40. The second kappa shape index (κ2) is 10.3. The van der Waals surface area contributed by atoms with E-state index in [1.165, 1.54) is 0 Å². The molecule has 170 valence electrons. The fourth-order valence-corrected chi connectivity index (χ4v) is 4.07. The molecule has 0 unspecified atom stereocenters. The number of rotatable bonds is 8. The highest BCUT2D eigenvalue weighted by atomic mass is 16.5. The van der Waals surface area contributed by atoms with Gasteiger partial charge in [0.25, 0.3) is 5.91 Å². The predicted molar refractivity (Wildman–Crippen MR) is 131 cm³/mol. The number of nitrogens with zero attached hydrogens (tertiary/aromatic N) is 2. The zero-order valence-electron chi connectivity index (χ0n) is 19.0. The molecular weight excluding hydrogens is 414 g/mol. The summed E-state index contributed by atoms with van der Waals surface area (Å²) in [7, 11) is 4.03. The number of hydrogen-bond acceptors (Lipinski definition) is 4. The van der Waals surface area contributed by atoms with E-state index < -0.39 is 5.92 Å². The van der Waals surface area contributed by atoms with Crippen LogP contribution in [0.2, 0.25) is 0 Å². The number of ether oxygens (including phenoxy) is 1. The van der Waals surface area contributed by atoms with E-state index in [1.807, 2.05) is 93.0 Å². The van der Waals surface area contributed by atoms with Gasteiger partial charge in [0.15, 0.2) is 6.61 Å². The highest BCUT2D eigenvalue weighted by molar-refractivity contribution is 6.01. The summed E-state index contributed by atoms with van der Waals surface area (Å²) < 4.78 is 5.63. The first-order chi connectivity index (χ1) is 16.0. The number of fused-ring (bicyclic) bond motifs is 1. The monoisotopic (exact) mass is 443 g/mol. The zero-order valence-corrected chi connectivity index (χ0v) is 19.0. The van der Waals surface area contributed by atoms with Crippen LogP contribution in [0.3, 0.4) is 0 Å². The van der Waals surface area contributed by atoms with Crippen LogP contribution in [0.25, 0.3) is 0 Å². The van der Waals surface area contributed by atoms with Gasteiger partial charge in [-0.25, -0.2) is 0 Å². The first kappa shape index (κ1) is 22.6. The smallest absolute Gasteiger partial charge is 0.265 e. The Hall–Kier alpha value is -3.64. The standard InChI is InChI=1S/C27H29N3O3/c1-29(2)16-9-17-30-23-18-22(14-15-24(23)33-19-25(30)31)28-27(32)26(20-10-5-3-6-11-20)21-12-7-4-8-13-21/h3-8,10-15,18,26H,9,16-17,19H2,1-2H3,(H,28,32). The van der Waals surface area contributed by atoms with Crippen LogP contribution < -0.4 is 15.0 Å². The summed E-state index contributed by atoms with van der Waals surface area (Å²) in [6, 6.07) is 24.9. The molecule has 0 spiro atoms. The lowest BCUT2D eigenvalue weighted by Gasteiger charge is -2.30. The van der Waals surface area contributed by atoms with Crippen LogP contribution in [0, 0.1) is 0 Å². The molecule has 3 aromatic rings. The molecule has 1 aliphatic heterocycles. The number of carbonyl (C=O) groups excluding carboxylic acids is 2. The normalized spacial score (nSPS) is 13.1. The third-order valence-corrected chi connectivity index (χ3v) is 5.68. The Kier molecular flexibility index (Phi) is 7.05. The molecule has 2 amide bonds. The maximum Gasteiger partial charge on any atom is 0.265 e. The van der Waals surface area contributed by atoms with Gasteiger partial charge in [0.2, 0.25) is 5.91 Å². The van der Waals surface area contributed by atoms with E-state index in [0.29, 0.717) is 23.7 Å². The lowest BCUT2D eigenvalue weighted by molar-refractivity contribution is -0.121. The van der Waals surface area contributed by atoms with Crippen LogP contribution in [0.1, 0.15) is 23.5 Å². The van der Waals surface area contributed by atoms with Gasteiger partial charge in [0.1, 0.15) is 5.75 Å². The van der Waals surface area contributed by atoms with Crippen molar-refractivity contribution in [3.8, 4) is 5.75 Å². The van der Waals surface area contributed by atoms with E-state index in [-0.39, 0.29) is 18.4 Å². The third kappa shape index (κ3) is 5.41. The van der Waals surface area contributed by atoms with E-state index in [4.69, 9.17) is 4.74 Å². The molecule has 0 aromatic heterocycles. The fourth-order valence-electron chi connectivity index (χ4n) is 4.07. The van der Waals surface area contributed by atoms with Gasteiger partial charge in [-0.2, -0.15) is 0 Å². The average Bonchev–Trinajstić information content (AvgIpc) is 2.82. The molecule has 6 heteroatoms. The van der Waals surface area contributed by atoms with Crippen LogP contribution in [0.15, 0.2) is 78.9 Å². The first-order valence-corrected chi connectivity index (χ1v) is 11.2. The van der Waals surface area contributed by atoms with Crippen molar-refractivity contribution < 1.29 is 14.3 Å². The van der Waals surface area contributed by atoms with Gasteiger partial charge in [0, 0.05) is 12.2 Å². The SMILES string of the molecule is CN(C)CCCN1C(=O)COc2ccc(NC(=O)C(c3ccccc3)c3ccccc3)cc21. The van der Waals surface area contributed by atoms with Gasteiger partial charge in [-0.1, -0.05) is 60.7 Å². The number of nitrogens with one attached hydrogen (secondary N) is 1. The van der Waals surface area contributed by atoms with Gasteiger partial charge in [-0.3, -0.25) is 9.59 Å². The van der Waals surface area contributed by atoms with E-state index in [9.17, 15) is 9.59 Å². The summed E-state index contributed by atoms with van der Waals surface area (Å²) in [5.74, 6) is 0.00312. The molecule has 0 saturated carbocycles. The minimum absolute atomic E-state index is 0.0325. The number of carbonyl (C=O) groups is 2. The van der Waals surface area contributed by atoms with Gasteiger partial charge in [0.05, 0.1) is 11.6 Å². The maximum atomic E-state index is 13.4. The van der Waals surface area contributed by atoms with Crippen molar-refractivity contribution in [3.05, 3.63) is 90.0 Å². The van der Waals surface area contributed by atoms with Gasteiger partial charge >= 0.3 is 0 Å². The van der Waals surface area contributed by atoms with E-state index in [0.717, 1.165) is 24.1 Å². The average molecular weight is 444 g/mol. The molecule has 3 aromatic carbocycles. The Morgan fingerprint density at radius 3 is 2.24 bits per heavy atom. The zero-order chi connectivity index (χ0) is 23.2. The number of benzene rings is 3. The number of hydrogen-bond donors (Lipinski definition) is 1. The number of anilines is 2. The molecule has 0 atom stereocenters. The molecule has 1 N–H and O–H groups in total. The molecule has 6 nitrogen and oxygen atoms in total. The Morgan fingerprint density at radius 1 is 1.00 bits per heavy atom. The molecule has 0 fully saturated rings. The molecular formula is C27H29N3O3. The summed E-state index contributed by atoms with van der Waals surface area (Å²) in [5, 5.41) is 3.06. The first-order valence-electron chi connectivity index (χ1n) is 11.2. The van der Waals surface area contributed by atoms with Crippen LogP contribution >= 0.6 is 0 Å². The minimum atomic E-state index is -0.447. The topological polar surface area (TPSA) is 61.9 Å². The molecule has 1 aliphatic rings. The minimum Gasteiger partial charge on any atom is -0.482 e. The summed E-state index contributed by atoms with van der Waals surface area (Å²) in [5.41, 5.74) is 3.16. The van der Waals surface area contributed by atoms with Crippen LogP contribution in [-0.2, 0) is 9.59 Å². The molecule has 0 bridgehead atoms. The summed E-state index contributed by atoms with van der Waals surface area (Å²) >= 11 is 0. The molecule has 0 aliphatic carbocycles. The Morgan fingerprint density at radius 2 is 1.64 bits per heavy atom. The Bertz CT molecular complexity index is 1060. The van der Waals surface area contributed by atoms with Crippen LogP contribution in [0.4, 0.5) is 11.4 Å². The van der Waals surface area contributed by atoms with E-state index in [2.05, 4.69) is 10.2 Å². The van der Waals surface area contributed by atoms with Crippen molar-refractivity contribution in [2.75, 3.05) is 44.0 Å². The summed E-state index contributed by atoms with van der Waals surface area (Å²) in [6.45, 7) is 1.51. The largest absolute Gasteiger partial charge is 0.482 e. The van der Waals surface area contributed by atoms with Gasteiger partial charge in [-0.05, 0) is 56.4 Å². The highest BCUT2D eigenvalue weighted by Gasteiger charge is 2.27. The van der Waals surface area contributed by atoms with Crippen molar-refractivity contribution >= 4 is 23.2 Å². The summed E-state index contributed by atoms with van der Waals surface area (Å²) in [4.78, 5) is 29.8. The molecule has 1 heterocycles. The van der Waals surface area contributed by atoms with Crippen molar-refractivity contribution in [2.24, 2.45) is 0 Å². The lowest BCUT2D eigenvalue weighted by atomic mass is 9.90. The maximum absolute atomic E-state index is 13.4. The van der Waals surface area contributed by atoms with Crippen molar-refractivity contribution in [1.29, 1.82) is 0 Å². The third-order valence-electron chi connectivity index (χ3n) is 5.68. The highest BCUT2D eigenvalue weighted by Crippen LogP contribution is 2.35. The van der Waals surface area contributed by atoms with E-state index >= 15 is 0 Å². The second-order valence-electron chi connectivity index (χ2n) is 8.42. The molecule has 0 saturated heterocycles. The number of amides is 2. The summed E-state index contributed by atoms with van der Waals surface area (Å²) in [6.07, 6.45) is 0.846. The predicted octanol–water partition coefficient (Wildman–Crippen LogP) is 4.13. The Labute approximate surface area is 194 Å².